The molecule has 2 aromatic rings. The summed E-state index contributed by atoms with van der Waals surface area (Å²) in [7, 11) is 0. The van der Waals surface area contributed by atoms with Gasteiger partial charge in [0.15, 0.2) is 0 Å². The summed E-state index contributed by atoms with van der Waals surface area (Å²) < 4.78 is 0. The van der Waals surface area contributed by atoms with Crippen LogP contribution in [0.2, 0.25) is 5.02 Å². The van der Waals surface area contributed by atoms with E-state index in [9.17, 15) is 4.79 Å². The van der Waals surface area contributed by atoms with Crippen molar-refractivity contribution in [2.75, 3.05) is 17.2 Å². The van der Waals surface area contributed by atoms with Crippen molar-refractivity contribution in [3.8, 4) is 11.3 Å². The lowest BCUT2D eigenvalue weighted by atomic mass is 10.2. The molecule has 21 heavy (non-hydrogen) atoms. The second kappa shape index (κ2) is 6.99. The number of hydrogen-bond acceptors (Lipinski definition) is 5. The Morgan fingerprint density at radius 1 is 1.29 bits per heavy atom. The third kappa shape index (κ3) is 4.13. The minimum Gasteiger partial charge on any atom is -0.369 e. The number of carbonyl (C=O) groups is 1. The van der Waals surface area contributed by atoms with Crippen LogP contribution in [0.1, 0.15) is 13.8 Å². The first kappa shape index (κ1) is 15.2. The third-order valence-electron chi connectivity index (χ3n) is 2.66. The van der Waals surface area contributed by atoms with E-state index in [0.717, 1.165) is 6.54 Å². The van der Waals surface area contributed by atoms with Crippen LogP contribution >= 0.6 is 11.6 Å². The summed E-state index contributed by atoms with van der Waals surface area (Å²) in [5, 5.41) is 6.14. The van der Waals surface area contributed by atoms with Crippen LogP contribution in [0.25, 0.3) is 11.3 Å². The maximum atomic E-state index is 10.5. The number of aromatic nitrogens is 3. The van der Waals surface area contributed by atoms with Gasteiger partial charge in [-0.1, -0.05) is 25.4 Å². The van der Waals surface area contributed by atoms with Gasteiger partial charge in [-0.25, -0.2) is 9.97 Å². The van der Waals surface area contributed by atoms with E-state index in [-0.39, 0.29) is 0 Å². The molecule has 2 rings (SSSR count). The van der Waals surface area contributed by atoms with Gasteiger partial charge in [0.25, 0.3) is 0 Å². The SMILES string of the molecule is CC(C)CNc1cncc(-c2cc(NC=O)ncc2Cl)n1. The number of halogens is 1. The molecule has 0 unspecified atom stereocenters. The largest absolute Gasteiger partial charge is 0.369 e. The van der Waals surface area contributed by atoms with E-state index in [1.54, 1.807) is 18.5 Å². The van der Waals surface area contributed by atoms with Gasteiger partial charge in [0, 0.05) is 18.3 Å². The first-order chi connectivity index (χ1) is 10.1. The number of amides is 1. The molecule has 2 heterocycles. The summed E-state index contributed by atoms with van der Waals surface area (Å²) in [6, 6.07) is 1.66. The molecule has 0 saturated carbocycles. The second-order valence-corrected chi connectivity index (χ2v) is 5.28. The zero-order valence-electron chi connectivity index (χ0n) is 11.8. The first-order valence-electron chi connectivity index (χ1n) is 6.52. The van der Waals surface area contributed by atoms with E-state index in [0.29, 0.717) is 40.2 Å². The number of hydrogen-bond donors (Lipinski definition) is 2. The molecule has 0 spiro atoms. The van der Waals surface area contributed by atoms with Gasteiger partial charge in [-0.2, -0.15) is 0 Å². The Morgan fingerprint density at radius 2 is 2.10 bits per heavy atom. The highest BCUT2D eigenvalue weighted by Gasteiger charge is 2.09. The molecule has 0 atom stereocenters. The van der Waals surface area contributed by atoms with Crippen molar-refractivity contribution < 1.29 is 4.79 Å². The maximum absolute atomic E-state index is 10.5. The fraction of sp³-hybridized carbons (Fsp3) is 0.286. The smallest absolute Gasteiger partial charge is 0.212 e. The maximum Gasteiger partial charge on any atom is 0.212 e. The Bertz CT molecular complexity index is 633. The van der Waals surface area contributed by atoms with Crippen molar-refractivity contribution in [3.05, 3.63) is 29.7 Å². The van der Waals surface area contributed by atoms with Crippen LogP contribution < -0.4 is 10.6 Å². The van der Waals surface area contributed by atoms with E-state index >= 15 is 0 Å². The van der Waals surface area contributed by atoms with Crippen LogP contribution in [0, 0.1) is 5.92 Å². The van der Waals surface area contributed by atoms with Gasteiger partial charge in [0.1, 0.15) is 11.6 Å². The summed E-state index contributed by atoms with van der Waals surface area (Å²) in [5.74, 6) is 1.59. The minimum atomic E-state index is 0.409. The molecular formula is C14H16ClN5O. The zero-order valence-corrected chi connectivity index (χ0v) is 12.6. The number of pyridine rings is 1. The van der Waals surface area contributed by atoms with Gasteiger partial charge < -0.3 is 10.6 Å². The minimum absolute atomic E-state index is 0.409. The van der Waals surface area contributed by atoms with E-state index in [1.165, 1.54) is 6.20 Å². The third-order valence-corrected chi connectivity index (χ3v) is 2.97. The van der Waals surface area contributed by atoms with Crippen molar-refractivity contribution in [1.82, 2.24) is 15.0 Å². The van der Waals surface area contributed by atoms with Crippen molar-refractivity contribution >= 4 is 29.6 Å². The molecule has 7 heteroatoms. The van der Waals surface area contributed by atoms with E-state index in [1.807, 2.05) is 0 Å². The quantitative estimate of drug-likeness (QED) is 0.802. The Balaban J connectivity index is 2.30. The number of anilines is 2. The van der Waals surface area contributed by atoms with Gasteiger partial charge in [-0.05, 0) is 12.0 Å². The molecule has 0 aliphatic carbocycles. The van der Waals surface area contributed by atoms with E-state index in [2.05, 4.69) is 39.4 Å². The molecule has 1 amide bonds. The zero-order chi connectivity index (χ0) is 15.2. The molecule has 0 bridgehead atoms. The highest BCUT2D eigenvalue weighted by atomic mass is 35.5. The molecule has 0 aliphatic rings. The molecule has 0 saturated heterocycles. The first-order valence-corrected chi connectivity index (χ1v) is 6.90. The number of carbonyl (C=O) groups excluding carboxylic acids is 1. The Labute approximate surface area is 128 Å². The van der Waals surface area contributed by atoms with Crippen LogP contribution in [0.3, 0.4) is 0 Å². The van der Waals surface area contributed by atoms with Gasteiger partial charge >= 0.3 is 0 Å². The lowest BCUT2D eigenvalue weighted by Crippen LogP contribution is -2.09. The van der Waals surface area contributed by atoms with Gasteiger partial charge in [0.05, 0.1) is 23.1 Å². The summed E-state index contributed by atoms with van der Waals surface area (Å²) in [5.41, 5.74) is 1.28. The number of rotatable bonds is 6. The molecule has 0 aromatic carbocycles. The summed E-state index contributed by atoms with van der Waals surface area (Å²) >= 11 is 6.14. The fourth-order valence-electron chi connectivity index (χ4n) is 1.66. The summed E-state index contributed by atoms with van der Waals surface area (Å²) in [6.45, 7) is 5.03. The van der Waals surface area contributed by atoms with Crippen LogP contribution in [0.4, 0.5) is 11.6 Å². The Morgan fingerprint density at radius 3 is 2.81 bits per heavy atom. The average molecular weight is 306 g/mol. The lowest BCUT2D eigenvalue weighted by Gasteiger charge is -2.10. The molecule has 6 nitrogen and oxygen atoms in total. The van der Waals surface area contributed by atoms with Crippen molar-refractivity contribution in [1.29, 1.82) is 0 Å². The van der Waals surface area contributed by atoms with Crippen LogP contribution in [-0.2, 0) is 4.79 Å². The molecule has 0 radical (unpaired) electrons. The Hall–Kier alpha value is -2.21. The standard InChI is InChI=1S/C14H16ClN5O/c1-9(2)4-17-14-7-16-6-12(20-14)10-3-13(19-8-21)18-5-11(10)15/h3,5-9H,4H2,1-2H3,(H,17,20)(H,18,19,21). The molecule has 2 aromatic heterocycles. The van der Waals surface area contributed by atoms with Crippen LogP contribution in [-0.4, -0.2) is 27.9 Å². The summed E-state index contributed by atoms with van der Waals surface area (Å²) in [6.07, 6.45) is 5.31. The van der Waals surface area contributed by atoms with Crippen LogP contribution in [0.5, 0.6) is 0 Å². The molecule has 0 fully saturated rings. The van der Waals surface area contributed by atoms with Crippen molar-refractivity contribution in [3.63, 3.8) is 0 Å². The van der Waals surface area contributed by atoms with E-state index < -0.39 is 0 Å². The van der Waals surface area contributed by atoms with Crippen molar-refractivity contribution in [2.24, 2.45) is 5.92 Å². The highest BCUT2D eigenvalue weighted by Crippen LogP contribution is 2.27. The second-order valence-electron chi connectivity index (χ2n) is 4.88. The Kier molecular flexibility index (Phi) is 5.05. The highest BCUT2D eigenvalue weighted by molar-refractivity contribution is 6.33. The van der Waals surface area contributed by atoms with Gasteiger partial charge in [0.2, 0.25) is 6.41 Å². The topological polar surface area (TPSA) is 79.8 Å². The molecule has 110 valence electrons. The predicted octanol–water partition coefficient (Wildman–Crippen LogP) is 2.83. The van der Waals surface area contributed by atoms with Crippen molar-refractivity contribution in [2.45, 2.75) is 13.8 Å². The molecule has 2 N–H and O–H groups in total. The number of nitrogens with one attached hydrogen (secondary N) is 2. The fourth-order valence-corrected chi connectivity index (χ4v) is 1.86. The monoisotopic (exact) mass is 305 g/mol. The van der Waals surface area contributed by atoms with Gasteiger partial charge in [-0.3, -0.25) is 9.78 Å². The normalized spacial score (nSPS) is 10.5. The number of nitrogens with zero attached hydrogens (tertiary/aromatic N) is 3. The van der Waals surface area contributed by atoms with Crippen LogP contribution in [0.15, 0.2) is 24.7 Å². The lowest BCUT2D eigenvalue weighted by molar-refractivity contribution is -0.105. The average Bonchev–Trinajstić information content (AvgIpc) is 2.48. The van der Waals surface area contributed by atoms with Gasteiger partial charge in [-0.15, -0.1) is 0 Å². The predicted molar refractivity (Wildman–Crippen MR) is 83.3 cm³/mol. The van der Waals surface area contributed by atoms with E-state index in [4.69, 9.17) is 11.6 Å². The molecule has 0 aliphatic heterocycles. The molecular weight excluding hydrogens is 290 g/mol. The summed E-state index contributed by atoms with van der Waals surface area (Å²) in [4.78, 5) is 23.1.